The first-order chi connectivity index (χ1) is 7.50. The van der Waals surface area contributed by atoms with Crippen LogP contribution >= 0.6 is 12.4 Å². The molecule has 0 heterocycles. The third-order valence-corrected chi connectivity index (χ3v) is 3.27. The van der Waals surface area contributed by atoms with E-state index in [1.807, 2.05) is 13.8 Å². The predicted molar refractivity (Wildman–Crippen MR) is 71.2 cm³/mol. The van der Waals surface area contributed by atoms with Crippen molar-refractivity contribution >= 4 is 18.3 Å². The number of amides is 1. The molecule has 1 rings (SSSR count). The van der Waals surface area contributed by atoms with Gasteiger partial charge in [-0.15, -0.1) is 12.4 Å². The first-order valence-electron chi connectivity index (χ1n) is 6.01. The van der Waals surface area contributed by atoms with Crippen LogP contribution in [-0.4, -0.2) is 31.7 Å². The average molecular weight is 265 g/mol. The summed E-state index contributed by atoms with van der Waals surface area (Å²) >= 11 is 0. The maximum atomic E-state index is 12.1. The van der Waals surface area contributed by atoms with Gasteiger partial charge in [0.2, 0.25) is 5.91 Å². The van der Waals surface area contributed by atoms with Crippen molar-refractivity contribution in [2.45, 2.75) is 38.6 Å². The summed E-state index contributed by atoms with van der Waals surface area (Å²) in [6.07, 6.45) is 3.17. The third-order valence-electron chi connectivity index (χ3n) is 3.27. The molecule has 1 amide bonds. The Morgan fingerprint density at radius 2 is 2.12 bits per heavy atom. The quantitative estimate of drug-likeness (QED) is 0.787. The summed E-state index contributed by atoms with van der Waals surface area (Å²) in [5.41, 5.74) is 5.38. The molecular weight excluding hydrogens is 240 g/mol. The number of rotatable bonds is 5. The molecule has 0 unspecified atom stereocenters. The number of methoxy groups -OCH3 is 1. The van der Waals surface area contributed by atoms with Gasteiger partial charge >= 0.3 is 0 Å². The number of hydrogen-bond acceptors (Lipinski definition) is 3. The zero-order chi connectivity index (χ0) is 12.2. The van der Waals surface area contributed by atoms with E-state index in [0.29, 0.717) is 19.1 Å². The number of nitrogens with one attached hydrogen (secondary N) is 1. The number of carbonyl (C=O) groups is 1. The van der Waals surface area contributed by atoms with Crippen molar-refractivity contribution < 1.29 is 9.53 Å². The summed E-state index contributed by atoms with van der Waals surface area (Å²) in [7, 11) is 1.65. The smallest absolute Gasteiger partial charge is 0.223 e. The molecule has 0 saturated heterocycles. The Hall–Kier alpha value is -0.320. The summed E-state index contributed by atoms with van der Waals surface area (Å²) in [5, 5.41) is 3.04. The highest BCUT2D eigenvalue weighted by Crippen LogP contribution is 2.31. The molecule has 0 aromatic rings. The van der Waals surface area contributed by atoms with Gasteiger partial charge in [0.1, 0.15) is 0 Å². The minimum absolute atomic E-state index is 0. The fraction of sp³-hybridized carbons (Fsp3) is 0.917. The third kappa shape index (κ3) is 4.82. The minimum atomic E-state index is -0.298. The Balaban J connectivity index is 0.00000256. The van der Waals surface area contributed by atoms with Gasteiger partial charge in [0.15, 0.2) is 0 Å². The van der Waals surface area contributed by atoms with Crippen LogP contribution in [0.4, 0.5) is 0 Å². The van der Waals surface area contributed by atoms with Crippen LogP contribution in [0.1, 0.15) is 33.1 Å². The Morgan fingerprint density at radius 3 is 2.65 bits per heavy atom. The van der Waals surface area contributed by atoms with Crippen LogP contribution in [0, 0.1) is 11.8 Å². The average Bonchev–Trinajstić information content (AvgIpc) is 2.64. The highest BCUT2D eigenvalue weighted by atomic mass is 35.5. The summed E-state index contributed by atoms with van der Waals surface area (Å²) in [4.78, 5) is 12.1. The van der Waals surface area contributed by atoms with Crippen molar-refractivity contribution in [3.05, 3.63) is 0 Å². The lowest BCUT2D eigenvalue weighted by atomic mass is 9.94. The molecule has 102 valence electrons. The van der Waals surface area contributed by atoms with Crippen molar-refractivity contribution in [1.29, 1.82) is 0 Å². The van der Waals surface area contributed by atoms with Gasteiger partial charge in [-0.05, 0) is 39.2 Å². The molecule has 1 saturated carbocycles. The molecule has 3 N–H and O–H groups in total. The second-order valence-corrected chi connectivity index (χ2v) is 5.34. The number of ether oxygens (including phenoxy) is 1. The van der Waals surface area contributed by atoms with E-state index in [4.69, 9.17) is 10.5 Å². The molecule has 0 aromatic carbocycles. The van der Waals surface area contributed by atoms with E-state index in [2.05, 4.69) is 5.32 Å². The topological polar surface area (TPSA) is 64.3 Å². The van der Waals surface area contributed by atoms with Crippen LogP contribution in [0.3, 0.4) is 0 Å². The van der Waals surface area contributed by atoms with Gasteiger partial charge in [0.05, 0.1) is 12.1 Å². The number of carbonyl (C=O) groups excluding carboxylic acids is 1. The fourth-order valence-corrected chi connectivity index (χ4v) is 2.49. The lowest BCUT2D eigenvalue weighted by Crippen LogP contribution is -2.50. The lowest BCUT2D eigenvalue weighted by molar-refractivity contribution is -0.128. The van der Waals surface area contributed by atoms with Crippen LogP contribution < -0.4 is 11.1 Å². The second kappa shape index (κ2) is 7.19. The number of hydrogen-bond donors (Lipinski definition) is 2. The molecule has 1 aliphatic rings. The Morgan fingerprint density at radius 1 is 1.47 bits per heavy atom. The normalized spacial score (nSPS) is 24.2. The van der Waals surface area contributed by atoms with Crippen molar-refractivity contribution in [3.63, 3.8) is 0 Å². The van der Waals surface area contributed by atoms with Gasteiger partial charge in [0, 0.05) is 13.0 Å². The largest absolute Gasteiger partial charge is 0.382 e. The summed E-state index contributed by atoms with van der Waals surface area (Å²) in [6.45, 7) is 5.09. The van der Waals surface area contributed by atoms with E-state index in [0.717, 1.165) is 19.3 Å². The second-order valence-electron chi connectivity index (χ2n) is 5.34. The number of nitrogens with two attached hydrogens (primary N) is 1. The molecule has 0 bridgehead atoms. The van der Waals surface area contributed by atoms with E-state index >= 15 is 0 Å². The predicted octanol–water partition coefficient (Wildman–Crippen LogP) is 1.32. The molecule has 0 aromatic heterocycles. The summed E-state index contributed by atoms with van der Waals surface area (Å²) in [5.74, 6) is 0.592. The SMILES string of the molecule is COCC(C)(C)NC(=O)[C@@H]1CCC[C@@H]1CN.Cl. The molecule has 2 atom stereocenters. The van der Waals surface area contributed by atoms with E-state index < -0.39 is 0 Å². The molecule has 0 spiro atoms. The van der Waals surface area contributed by atoms with Gasteiger partial charge in [-0.25, -0.2) is 0 Å². The molecule has 0 aliphatic heterocycles. The maximum absolute atomic E-state index is 12.1. The molecule has 5 heteroatoms. The van der Waals surface area contributed by atoms with Crippen molar-refractivity contribution in [2.24, 2.45) is 17.6 Å². The Bertz CT molecular complexity index is 247. The first kappa shape index (κ1) is 16.7. The molecule has 17 heavy (non-hydrogen) atoms. The molecular formula is C12H25ClN2O2. The number of halogens is 1. The van der Waals surface area contributed by atoms with Crippen LogP contribution in [0.25, 0.3) is 0 Å². The van der Waals surface area contributed by atoms with Crippen LogP contribution in [0.5, 0.6) is 0 Å². The van der Waals surface area contributed by atoms with Crippen LogP contribution in [-0.2, 0) is 9.53 Å². The highest BCUT2D eigenvalue weighted by molar-refractivity contribution is 5.85. The summed E-state index contributed by atoms with van der Waals surface area (Å²) < 4.78 is 5.08. The van der Waals surface area contributed by atoms with Crippen LogP contribution in [0.2, 0.25) is 0 Å². The van der Waals surface area contributed by atoms with E-state index in [9.17, 15) is 4.79 Å². The van der Waals surface area contributed by atoms with Gasteiger partial charge in [-0.1, -0.05) is 6.42 Å². The zero-order valence-electron chi connectivity index (χ0n) is 11.0. The molecule has 0 radical (unpaired) electrons. The summed E-state index contributed by atoms with van der Waals surface area (Å²) in [6, 6.07) is 0. The van der Waals surface area contributed by atoms with Gasteiger partial charge in [-0.3, -0.25) is 4.79 Å². The zero-order valence-corrected chi connectivity index (χ0v) is 11.8. The van der Waals surface area contributed by atoms with Crippen molar-refractivity contribution in [3.8, 4) is 0 Å². The van der Waals surface area contributed by atoms with E-state index in [1.165, 1.54) is 0 Å². The van der Waals surface area contributed by atoms with Gasteiger partial charge in [0.25, 0.3) is 0 Å². The van der Waals surface area contributed by atoms with E-state index in [1.54, 1.807) is 7.11 Å². The monoisotopic (exact) mass is 264 g/mol. The van der Waals surface area contributed by atoms with Crippen molar-refractivity contribution in [1.82, 2.24) is 5.32 Å². The molecule has 1 aliphatic carbocycles. The minimum Gasteiger partial charge on any atom is -0.382 e. The van der Waals surface area contributed by atoms with Gasteiger partial charge < -0.3 is 15.8 Å². The Kier molecular flexibility index (Phi) is 7.05. The maximum Gasteiger partial charge on any atom is 0.223 e. The lowest BCUT2D eigenvalue weighted by Gasteiger charge is -2.28. The molecule has 1 fully saturated rings. The fourth-order valence-electron chi connectivity index (χ4n) is 2.49. The Labute approximate surface area is 110 Å². The van der Waals surface area contributed by atoms with Gasteiger partial charge in [-0.2, -0.15) is 0 Å². The first-order valence-corrected chi connectivity index (χ1v) is 6.01. The van der Waals surface area contributed by atoms with Crippen molar-refractivity contribution in [2.75, 3.05) is 20.3 Å². The van der Waals surface area contributed by atoms with Crippen LogP contribution in [0.15, 0.2) is 0 Å². The van der Waals surface area contributed by atoms with E-state index in [-0.39, 0.29) is 29.8 Å². The molecule has 4 nitrogen and oxygen atoms in total. The highest BCUT2D eigenvalue weighted by Gasteiger charge is 2.34. The standard InChI is InChI=1S/C12H24N2O2.ClH/c1-12(2,8-16-3)14-11(15)10-6-4-5-9(10)7-13;/h9-10H,4-8,13H2,1-3H3,(H,14,15);1H/t9-,10-;/m1./s1.